The van der Waals surface area contributed by atoms with Gasteiger partial charge in [0, 0.05) is 44.8 Å². The second-order valence-corrected chi connectivity index (χ2v) is 11.2. The van der Waals surface area contributed by atoms with Crippen LogP contribution in [0.4, 0.5) is 5.69 Å². The third-order valence-corrected chi connectivity index (χ3v) is 8.06. The van der Waals surface area contributed by atoms with Crippen LogP contribution in [0.5, 0.6) is 0 Å². The molecule has 11 heteroatoms. The number of nitrogens with one attached hydrogen (secondary N) is 1. The number of rotatable bonds is 7. The van der Waals surface area contributed by atoms with E-state index in [9.17, 15) is 28.7 Å². The molecule has 2 heterocycles. The van der Waals surface area contributed by atoms with Gasteiger partial charge in [0.15, 0.2) is 10.7 Å². The molecule has 1 fully saturated rings. The molecule has 2 aromatic carbocycles. The predicted molar refractivity (Wildman–Crippen MR) is 145 cm³/mol. The number of aliphatic hydroxyl groups is 2. The zero-order valence-corrected chi connectivity index (χ0v) is 22.3. The number of benzene rings is 2. The number of sulfonamides is 1. The highest BCUT2D eigenvalue weighted by molar-refractivity contribution is 7.93. The average molecular weight is 539 g/mol. The van der Waals surface area contributed by atoms with Gasteiger partial charge in [-0.1, -0.05) is 18.2 Å². The summed E-state index contributed by atoms with van der Waals surface area (Å²) in [5.74, 6) is -0.832. The van der Waals surface area contributed by atoms with Crippen molar-refractivity contribution in [1.29, 1.82) is 5.26 Å². The molecule has 0 radical (unpaired) electrons. The third-order valence-electron chi connectivity index (χ3n) is 6.73. The third kappa shape index (κ3) is 5.36. The number of hydrogen-bond donors (Lipinski definition) is 3. The maximum absolute atomic E-state index is 12.9. The molecular weight excluding hydrogens is 508 g/mol. The first-order chi connectivity index (χ1) is 17.9. The molecule has 1 aliphatic heterocycles. The Morgan fingerprint density at radius 2 is 1.84 bits per heavy atom. The number of carbonyl (C=O) groups is 1. The molecule has 1 unspecified atom stereocenters. The fourth-order valence-corrected chi connectivity index (χ4v) is 5.29. The summed E-state index contributed by atoms with van der Waals surface area (Å²) in [7, 11) is 1.45. The Bertz CT molecular complexity index is 1550. The summed E-state index contributed by atoms with van der Waals surface area (Å²) in [6, 6.07) is 17.5. The summed E-state index contributed by atoms with van der Waals surface area (Å²) in [4.78, 5) is 13.7. The zero-order chi connectivity index (χ0) is 27.8. The molecule has 1 aromatic heterocycles. The average Bonchev–Trinajstić information content (AvgIpc) is 3.26. The number of carbonyl (C=O) groups excluding carboxylic acids is 1. The largest absolute Gasteiger partial charge is 0.387 e. The van der Waals surface area contributed by atoms with Crippen molar-refractivity contribution in [2.45, 2.75) is 31.3 Å². The molecule has 4 atom stereocenters. The van der Waals surface area contributed by atoms with Gasteiger partial charge in [0.1, 0.15) is 24.4 Å². The van der Waals surface area contributed by atoms with Crippen LogP contribution in [0.15, 0.2) is 53.4 Å². The minimum Gasteiger partial charge on any atom is -0.387 e. The lowest BCUT2D eigenvalue weighted by molar-refractivity contribution is -0.178. The van der Waals surface area contributed by atoms with E-state index in [1.165, 1.54) is 13.0 Å². The van der Waals surface area contributed by atoms with Crippen molar-refractivity contribution < 1.29 is 28.2 Å². The minimum absolute atomic E-state index is 0.487. The first kappa shape index (κ1) is 27.5. The summed E-state index contributed by atoms with van der Waals surface area (Å²) in [5, 5.41) is 31.4. The van der Waals surface area contributed by atoms with Gasteiger partial charge in [-0.15, -0.1) is 0 Å². The van der Waals surface area contributed by atoms with Crippen LogP contribution in [-0.2, 0) is 26.6 Å². The molecule has 0 bridgehead atoms. The van der Waals surface area contributed by atoms with E-state index < -0.39 is 51.7 Å². The number of nitriles is 1. The number of allylic oxidation sites excluding steroid dienone is 1. The summed E-state index contributed by atoms with van der Waals surface area (Å²) in [5.41, 5.74) is 3.35. The van der Waals surface area contributed by atoms with Gasteiger partial charge in [-0.2, -0.15) is 5.26 Å². The lowest BCUT2D eigenvalue weighted by Gasteiger charge is -2.34. The number of ketones is 1. The molecule has 1 saturated heterocycles. The van der Waals surface area contributed by atoms with Crippen molar-refractivity contribution in [2.24, 2.45) is 7.05 Å². The Hall–Kier alpha value is -3.53. The second kappa shape index (κ2) is 10.7. The Labute approximate surface area is 221 Å². The number of fused-ring (bicyclic) bond motifs is 1. The summed E-state index contributed by atoms with van der Waals surface area (Å²) < 4.78 is 35.0. The van der Waals surface area contributed by atoms with Crippen molar-refractivity contribution in [3.05, 3.63) is 59.1 Å². The lowest BCUT2D eigenvalue weighted by atomic mass is 9.97. The van der Waals surface area contributed by atoms with Gasteiger partial charge in [-0.3, -0.25) is 4.79 Å². The fraction of sp³-hybridized carbons (Fsp3) is 0.333. The topological polar surface area (TPSA) is 145 Å². The predicted octanol–water partition coefficient (Wildman–Crippen LogP) is 1.77. The molecule has 0 aliphatic carbocycles. The molecule has 0 amide bonds. The van der Waals surface area contributed by atoms with E-state index in [0.717, 1.165) is 27.7 Å². The molecule has 3 N–H and O–H groups in total. The van der Waals surface area contributed by atoms with Crippen LogP contribution >= 0.6 is 0 Å². The lowest BCUT2D eigenvalue weighted by Crippen LogP contribution is -2.56. The van der Waals surface area contributed by atoms with E-state index >= 15 is 0 Å². The van der Waals surface area contributed by atoms with Gasteiger partial charge in [0.25, 0.3) is 10.0 Å². The molecule has 0 saturated carbocycles. The minimum atomic E-state index is -4.30. The molecule has 200 valence electrons. The molecular formula is C27H30N4O6S. The van der Waals surface area contributed by atoms with E-state index in [4.69, 9.17) is 4.74 Å². The van der Waals surface area contributed by atoms with E-state index in [1.807, 2.05) is 49.3 Å². The molecule has 10 nitrogen and oxygen atoms in total. The van der Waals surface area contributed by atoms with E-state index in [1.54, 1.807) is 23.8 Å². The quantitative estimate of drug-likeness (QED) is 0.386. The maximum Gasteiger partial charge on any atom is 0.250 e. The molecule has 4 rings (SSSR count). The van der Waals surface area contributed by atoms with Gasteiger partial charge in [-0.05, 0) is 59.7 Å². The molecule has 3 aromatic rings. The smallest absolute Gasteiger partial charge is 0.250 e. The van der Waals surface area contributed by atoms with Crippen molar-refractivity contribution in [2.75, 3.05) is 25.5 Å². The van der Waals surface area contributed by atoms with E-state index in [0.29, 0.717) is 5.69 Å². The van der Waals surface area contributed by atoms with Gasteiger partial charge < -0.3 is 24.4 Å². The summed E-state index contributed by atoms with van der Waals surface area (Å²) in [6.45, 7) is 0.978. The first-order valence-corrected chi connectivity index (χ1v) is 13.5. The zero-order valence-electron chi connectivity index (χ0n) is 21.5. The van der Waals surface area contributed by atoms with Crippen molar-refractivity contribution in [3.8, 4) is 17.3 Å². The van der Waals surface area contributed by atoms with Crippen LogP contribution in [0.3, 0.4) is 0 Å². The van der Waals surface area contributed by atoms with E-state index in [2.05, 4.69) is 16.9 Å². The molecule has 38 heavy (non-hydrogen) atoms. The number of aromatic nitrogens is 1. The van der Waals surface area contributed by atoms with E-state index in [-0.39, 0.29) is 0 Å². The fourth-order valence-electron chi connectivity index (χ4n) is 4.37. The van der Waals surface area contributed by atoms with Crippen LogP contribution in [0.25, 0.3) is 28.1 Å². The number of hydrogen-bond acceptors (Lipinski definition) is 8. The Balaban J connectivity index is 1.56. The number of nitrogens with zero attached hydrogens (tertiary/aromatic N) is 3. The number of aliphatic hydroxyl groups excluding tert-OH is 2. The molecule has 0 spiro atoms. The van der Waals surface area contributed by atoms with Crippen LogP contribution in [0.2, 0.25) is 0 Å². The SMILES string of the molecule is CC1O[C@H](CNS(=O)(=O)/C(C#N)=C/c2ccc(-c3ccc4cc(N(C)C)ccc4c3)n2C)C(=O)[C@H](O)[C@H]1O. The Morgan fingerprint density at radius 3 is 2.53 bits per heavy atom. The number of ether oxygens (including phenoxy) is 1. The molecule has 1 aliphatic rings. The summed E-state index contributed by atoms with van der Waals surface area (Å²) >= 11 is 0. The highest BCUT2D eigenvalue weighted by Gasteiger charge is 2.41. The number of anilines is 1. The van der Waals surface area contributed by atoms with Gasteiger partial charge in [-0.25, -0.2) is 13.1 Å². The van der Waals surface area contributed by atoms with Gasteiger partial charge in [0.2, 0.25) is 0 Å². The Morgan fingerprint density at radius 1 is 1.16 bits per heavy atom. The van der Waals surface area contributed by atoms with Crippen LogP contribution in [-0.4, -0.2) is 74.0 Å². The highest BCUT2D eigenvalue weighted by Crippen LogP contribution is 2.29. The van der Waals surface area contributed by atoms with Crippen molar-refractivity contribution >= 4 is 38.3 Å². The van der Waals surface area contributed by atoms with Crippen LogP contribution in [0, 0.1) is 11.3 Å². The van der Waals surface area contributed by atoms with Gasteiger partial charge in [0.05, 0.1) is 6.10 Å². The standard InChI is InChI=1S/C27H30N4O6S/c1-16-25(32)27(34)26(33)24(37-16)15-29-38(35,36)22(14-28)13-21-9-10-23(31(21)4)19-6-5-18-12-20(30(2)3)8-7-17(18)11-19/h5-13,16,24-25,27,29,32,34H,15H2,1-4H3/b22-13+/t16?,24-,25+,27-/m1/s1. The second-order valence-electron chi connectivity index (χ2n) is 9.48. The summed E-state index contributed by atoms with van der Waals surface area (Å²) in [6.07, 6.45) is -3.97. The highest BCUT2D eigenvalue weighted by atomic mass is 32.2. The first-order valence-electron chi connectivity index (χ1n) is 12.0. The Kier molecular flexibility index (Phi) is 7.73. The van der Waals surface area contributed by atoms with Crippen molar-refractivity contribution in [3.63, 3.8) is 0 Å². The monoisotopic (exact) mass is 538 g/mol. The maximum atomic E-state index is 12.9. The van der Waals surface area contributed by atoms with Crippen molar-refractivity contribution in [1.82, 2.24) is 9.29 Å². The number of Topliss-reactive ketones (excluding diaryl/α,β-unsaturated/α-hetero) is 1. The normalized spacial score (nSPS) is 22.4. The van der Waals surface area contributed by atoms with Crippen LogP contribution < -0.4 is 9.62 Å². The van der Waals surface area contributed by atoms with Gasteiger partial charge >= 0.3 is 0 Å². The van der Waals surface area contributed by atoms with Crippen LogP contribution in [0.1, 0.15) is 12.6 Å².